The van der Waals surface area contributed by atoms with E-state index in [0.29, 0.717) is 17.9 Å². The van der Waals surface area contributed by atoms with Crippen molar-refractivity contribution >= 4 is 28.0 Å². The monoisotopic (exact) mass is 298 g/mol. The molecule has 0 fully saturated rings. The first-order chi connectivity index (χ1) is 8.10. The molecular weight excluding hydrogens is 284 g/mol. The molecule has 0 bridgehead atoms. The second-order valence-electron chi connectivity index (χ2n) is 3.41. The predicted molar refractivity (Wildman–Crippen MR) is 71.0 cm³/mol. The van der Waals surface area contributed by atoms with Crippen LogP contribution in [-0.4, -0.2) is 19.7 Å². The van der Waals surface area contributed by atoms with Gasteiger partial charge in [-0.15, -0.1) is 0 Å². The average Bonchev–Trinajstić information content (AvgIpc) is 2.29. The van der Waals surface area contributed by atoms with Gasteiger partial charge in [0.1, 0.15) is 5.75 Å². The summed E-state index contributed by atoms with van der Waals surface area (Å²) in [6.45, 7) is 3.88. The quantitative estimate of drug-likeness (QED) is 0.631. The number of halogens is 1. The number of carbonyl (C=O) groups excluding carboxylic acids is 1. The lowest BCUT2D eigenvalue weighted by Crippen LogP contribution is -2.05. The van der Waals surface area contributed by atoms with Crippen LogP contribution in [0.4, 0.5) is 0 Å². The van der Waals surface area contributed by atoms with Crippen LogP contribution >= 0.6 is 15.9 Å². The molecule has 0 aliphatic rings. The second kappa shape index (κ2) is 6.45. The van der Waals surface area contributed by atoms with Crippen LogP contribution in [0.25, 0.3) is 6.08 Å². The predicted octanol–water partition coefficient (Wildman–Crippen LogP) is 3.42. The molecule has 0 aliphatic heterocycles. The Hall–Kier alpha value is -1.29. The fourth-order valence-electron chi connectivity index (χ4n) is 1.39. The maximum Gasteiger partial charge on any atom is 0.333 e. The van der Waals surface area contributed by atoms with Crippen LogP contribution < -0.4 is 4.74 Å². The zero-order valence-electron chi connectivity index (χ0n) is 10.1. The molecule has 1 aromatic carbocycles. The van der Waals surface area contributed by atoms with Gasteiger partial charge in [0.15, 0.2) is 0 Å². The number of esters is 1. The molecule has 0 radical (unpaired) electrons. The summed E-state index contributed by atoms with van der Waals surface area (Å²) in [6, 6.07) is 5.65. The van der Waals surface area contributed by atoms with Gasteiger partial charge in [0.2, 0.25) is 0 Å². The Balaban J connectivity index is 3.05. The summed E-state index contributed by atoms with van der Waals surface area (Å²) in [5, 5.41) is 0. The summed E-state index contributed by atoms with van der Waals surface area (Å²) in [4.78, 5) is 11.5. The van der Waals surface area contributed by atoms with Crippen molar-refractivity contribution in [3.63, 3.8) is 0 Å². The smallest absolute Gasteiger partial charge is 0.333 e. The number of para-hydroxylation sites is 1. The molecule has 4 heteroatoms. The van der Waals surface area contributed by atoms with E-state index >= 15 is 0 Å². The summed E-state index contributed by atoms with van der Waals surface area (Å²) in [5.74, 6) is 0.394. The highest BCUT2D eigenvalue weighted by atomic mass is 79.9. The Labute approximate surface area is 110 Å². The van der Waals surface area contributed by atoms with Gasteiger partial charge in [-0.2, -0.15) is 0 Å². The van der Waals surface area contributed by atoms with Crippen molar-refractivity contribution in [2.24, 2.45) is 0 Å². The molecule has 0 unspecified atom stereocenters. The van der Waals surface area contributed by atoms with Crippen molar-refractivity contribution in [1.29, 1.82) is 0 Å². The summed E-state index contributed by atoms with van der Waals surface area (Å²) in [7, 11) is 1.59. The van der Waals surface area contributed by atoms with Gasteiger partial charge in [0, 0.05) is 11.1 Å². The third-order valence-electron chi connectivity index (χ3n) is 2.17. The first-order valence-electron chi connectivity index (χ1n) is 5.28. The van der Waals surface area contributed by atoms with Gasteiger partial charge in [0.05, 0.1) is 18.2 Å². The van der Waals surface area contributed by atoms with Crippen molar-refractivity contribution in [2.75, 3.05) is 13.7 Å². The number of rotatable bonds is 4. The Morgan fingerprint density at radius 3 is 2.76 bits per heavy atom. The lowest BCUT2D eigenvalue weighted by molar-refractivity contribution is -0.138. The van der Waals surface area contributed by atoms with Crippen molar-refractivity contribution in [3.05, 3.63) is 33.8 Å². The normalized spacial score (nSPS) is 11.2. The van der Waals surface area contributed by atoms with E-state index in [1.807, 2.05) is 18.2 Å². The largest absolute Gasteiger partial charge is 0.495 e. The summed E-state index contributed by atoms with van der Waals surface area (Å²) in [5.41, 5.74) is 1.38. The number of benzene rings is 1. The lowest BCUT2D eigenvalue weighted by atomic mass is 10.1. The molecule has 0 atom stereocenters. The maximum atomic E-state index is 11.5. The molecule has 0 amide bonds. The van der Waals surface area contributed by atoms with E-state index in [9.17, 15) is 4.79 Å². The molecule has 0 saturated carbocycles. The van der Waals surface area contributed by atoms with Crippen molar-refractivity contribution in [2.45, 2.75) is 13.8 Å². The average molecular weight is 299 g/mol. The minimum atomic E-state index is -0.311. The fourth-order valence-corrected chi connectivity index (χ4v) is 1.94. The van der Waals surface area contributed by atoms with E-state index < -0.39 is 0 Å². The third-order valence-corrected chi connectivity index (χ3v) is 2.80. The number of hydrogen-bond acceptors (Lipinski definition) is 3. The van der Waals surface area contributed by atoms with Crippen LogP contribution in [0.3, 0.4) is 0 Å². The van der Waals surface area contributed by atoms with E-state index in [1.165, 1.54) is 0 Å². The van der Waals surface area contributed by atoms with Gasteiger partial charge < -0.3 is 9.47 Å². The van der Waals surface area contributed by atoms with E-state index in [1.54, 1.807) is 27.0 Å². The van der Waals surface area contributed by atoms with E-state index in [0.717, 1.165) is 10.0 Å². The maximum absolute atomic E-state index is 11.5. The standard InChI is InChI=1S/C13H15BrO3/c1-4-17-13(15)9(2)8-10-6-5-7-11(14)12(10)16-3/h5-8H,4H2,1-3H3/b9-8+. The van der Waals surface area contributed by atoms with Crippen LogP contribution in [0.15, 0.2) is 28.2 Å². The Bertz CT molecular complexity index is 438. The molecule has 0 aromatic heterocycles. The van der Waals surface area contributed by atoms with E-state index in [2.05, 4.69) is 15.9 Å². The summed E-state index contributed by atoms with van der Waals surface area (Å²) >= 11 is 3.39. The van der Waals surface area contributed by atoms with E-state index in [-0.39, 0.29) is 5.97 Å². The van der Waals surface area contributed by atoms with Crippen molar-refractivity contribution < 1.29 is 14.3 Å². The third kappa shape index (κ3) is 3.60. The van der Waals surface area contributed by atoms with Crippen LogP contribution in [-0.2, 0) is 9.53 Å². The van der Waals surface area contributed by atoms with Crippen molar-refractivity contribution in [1.82, 2.24) is 0 Å². The number of methoxy groups -OCH3 is 1. The summed E-state index contributed by atoms with van der Waals surface area (Å²) < 4.78 is 11.0. The first kappa shape index (κ1) is 13.8. The molecule has 1 aromatic rings. The second-order valence-corrected chi connectivity index (χ2v) is 4.26. The highest BCUT2D eigenvalue weighted by Gasteiger charge is 2.08. The molecule has 92 valence electrons. The number of ether oxygens (including phenoxy) is 2. The molecule has 0 N–H and O–H groups in total. The Morgan fingerprint density at radius 2 is 2.18 bits per heavy atom. The molecule has 0 heterocycles. The first-order valence-corrected chi connectivity index (χ1v) is 6.07. The molecule has 0 aliphatic carbocycles. The topological polar surface area (TPSA) is 35.5 Å². The molecule has 1 rings (SSSR count). The van der Waals surface area contributed by atoms with Gasteiger partial charge in [-0.3, -0.25) is 0 Å². The van der Waals surface area contributed by atoms with Gasteiger partial charge in [-0.05, 0) is 41.9 Å². The molecule has 0 saturated heterocycles. The number of hydrogen-bond donors (Lipinski definition) is 0. The SMILES string of the molecule is CCOC(=O)/C(C)=C/c1cccc(Br)c1OC. The zero-order valence-corrected chi connectivity index (χ0v) is 11.7. The van der Waals surface area contributed by atoms with E-state index in [4.69, 9.17) is 9.47 Å². The molecule has 17 heavy (non-hydrogen) atoms. The van der Waals surface area contributed by atoms with Crippen LogP contribution in [0.2, 0.25) is 0 Å². The van der Waals surface area contributed by atoms with Gasteiger partial charge in [-0.25, -0.2) is 4.79 Å². The van der Waals surface area contributed by atoms with Crippen LogP contribution in [0.1, 0.15) is 19.4 Å². The fraction of sp³-hybridized carbons (Fsp3) is 0.308. The van der Waals surface area contributed by atoms with Gasteiger partial charge in [0.25, 0.3) is 0 Å². The van der Waals surface area contributed by atoms with Gasteiger partial charge in [-0.1, -0.05) is 12.1 Å². The van der Waals surface area contributed by atoms with Crippen LogP contribution in [0.5, 0.6) is 5.75 Å². The highest BCUT2D eigenvalue weighted by Crippen LogP contribution is 2.30. The highest BCUT2D eigenvalue weighted by molar-refractivity contribution is 9.10. The minimum Gasteiger partial charge on any atom is -0.495 e. The Kier molecular flexibility index (Phi) is 5.22. The minimum absolute atomic E-state index is 0.311. The number of carbonyl (C=O) groups is 1. The van der Waals surface area contributed by atoms with Gasteiger partial charge >= 0.3 is 5.97 Å². The molecule has 3 nitrogen and oxygen atoms in total. The lowest BCUT2D eigenvalue weighted by Gasteiger charge is -2.08. The Morgan fingerprint density at radius 1 is 1.47 bits per heavy atom. The zero-order chi connectivity index (χ0) is 12.8. The molecular formula is C13H15BrO3. The molecule has 0 spiro atoms. The van der Waals surface area contributed by atoms with Crippen LogP contribution in [0, 0.1) is 0 Å². The summed E-state index contributed by atoms with van der Waals surface area (Å²) in [6.07, 6.45) is 1.75. The van der Waals surface area contributed by atoms with Crippen molar-refractivity contribution in [3.8, 4) is 5.75 Å².